The van der Waals surface area contributed by atoms with Gasteiger partial charge in [0.15, 0.2) is 5.03 Å². The number of sulfonamides is 1. The van der Waals surface area contributed by atoms with Gasteiger partial charge in [-0.15, -0.1) is 0 Å². The standard InChI is InChI=1S/C10H16N4O5S/c1-3-14-5-9(12-6(14)2)20(18,19)13-7(10(16)17)4-8(11)15/h5,7,13H,3-4H2,1-2H3,(H2,11,15)(H,16,17). The zero-order chi connectivity index (χ0) is 15.5. The van der Waals surface area contributed by atoms with Crippen molar-refractivity contribution >= 4 is 21.9 Å². The number of carboxylic acids is 1. The highest BCUT2D eigenvalue weighted by Crippen LogP contribution is 2.10. The monoisotopic (exact) mass is 304 g/mol. The number of nitrogens with one attached hydrogen (secondary N) is 1. The first-order chi connectivity index (χ1) is 9.17. The number of hydrogen-bond acceptors (Lipinski definition) is 5. The maximum absolute atomic E-state index is 12.0. The molecule has 0 aromatic carbocycles. The molecule has 9 nitrogen and oxygen atoms in total. The van der Waals surface area contributed by atoms with E-state index in [1.165, 1.54) is 6.20 Å². The highest BCUT2D eigenvalue weighted by Gasteiger charge is 2.28. The summed E-state index contributed by atoms with van der Waals surface area (Å²) in [5.74, 6) is -1.93. The summed E-state index contributed by atoms with van der Waals surface area (Å²) < 4.78 is 27.5. The van der Waals surface area contributed by atoms with Gasteiger partial charge in [-0.2, -0.15) is 4.72 Å². The van der Waals surface area contributed by atoms with Gasteiger partial charge in [0.05, 0.1) is 6.42 Å². The van der Waals surface area contributed by atoms with Crippen LogP contribution in [-0.2, 0) is 26.2 Å². The van der Waals surface area contributed by atoms with E-state index in [4.69, 9.17) is 10.8 Å². The zero-order valence-electron chi connectivity index (χ0n) is 11.0. The number of nitrogens with zero attached hydrogens (tertiary/aromatic N) is 2. The molecule has 1 amide bonds. The highest BCUT2D eigenvalue weighted by molar-refractivity contribution is 7.89. The summed E-state index contributed by atoms with van der Waals surface area (Å²) in [5, 5.41) is 8.58. The minimum Gasteiger partial charge on any atom is -0.480 e. The van der Waals surface area contributed by atoms with E-state index >= 15 is 0 Å². The molecule has 0 bridgehead atoms. The molecule has 0 saturated heterocycles. The van der Waals surface area contributed by atoms with Crippen molar-refractivity contribution in [2.45, 2.75) is 37.9 Å². The van der Waals surface area contributed by atoms with Crippen molar-refractivity contribution in [3.05, 3.63) is 12.0 Å². The predicted octanol–water partition coefficient (Wildman–Crippen LogP) is -1.18. The number of aryl methyl sites for hydroxylation is 2. The summed E-state index contributed by atoms with van der Waals surface area (Å²) in [6.45, 7) is 3.96. The summed E-state index contributed by atoms with van der Waals surface area (Å²) >= 11 is 0. The van der Waals surface area contributed by atoms with Crippen LogP contribution in [0, 0.1) is 6.92 Å². The third kappa shape index (κ3) is 3.78. The van der Waals surface area contributed by atoms with Crippen molar-refractivity contribution < 1.29 is 23.1 Å². The molecule has 1 atom stereocenters. The van der Waals surface area contributed by atoms with Crippen LogP contribution in [0.15, 0.2) is 11.2 Å². The number of rotatable bonds is 7. The fourth-order valence-corrected chi connectivity index (χ4v) is 2.75. The molecule has 0 aliphatic rings. The van der Waals surface area contributed by atoms with Gasteiger partial charge in [0, 0.05) is 12.7 Å². The van der Waals surface area contributed by atoms with Gasteiger partial charge < -0.3 is 15.4 Å². The lowest BCUT2D eigenvalue weighted by Crippen LogP contribution is -2.43. The molecule has 1 heterocycles. The van der Waals surface area contributed by atoms with Crippen molar-refractivity contribution in [1.82, 2.24) is 14.3 Å². The topological polar surface area (TPSA) is 144 Å². The van der Waals surface area contributed by atoms with Crippen LogP contribution in [0.2, 0.25) is 0 Å². The number of nitrogens with two attached hydrogens (primary N) is 1. The quantitative estimate of drug-likeness (QED) is 0.578. The Hall–Kier alpha value is -1.94. The fraction of sp³-hybridized carbons (Fsp3) is 0.500. The molecule has 20 heavy (non-hydrogen) atoms. The average molecular weight is 304 g/mol. The lowest BCUT2D eigenvalue weighted by Gasteiger charge is -2.11. The second kappa shape index (κ2) is 6.01. The molecule has 0 spiro atoms. The minimum absolute atomic E-state index is 0.299. The second-order valence-electron chi connectivity index (χ2n) is 4.09. The summed E-state index contributed by atoms with van der Waals surface area (Å²) in [4.78, 5) is 25.5. The van der Waals surface area contributed by atoms with Crippen LogP contribution >= 0.6 is 0 Å². The van der Waals surface area contributed by atoms with Gasteiger partial charge in [-0.1, -0.05) is 0 Å². The number of aliphatic carboxylic acids is 1. The average Bonchev–Trinajstić information content (AvgIpc) is 2.69. The van der Waals surface area contributed by atoms with Crippen molar-refractivity contribution in [2.75, 3.05) is 0 Å². The molecular formula is C10H16N4O5S. The number of aromatic nitrogens is 2. The molecule has 0 aliphatic heterocycles. The number of hydrogen-bond donors (Lipinski definition) is 3. The number of imidazole rings is 1. The van der Waals surface area contributed by atoms with Gasteiger partial charge in [0.25, 0.3) is 10.0 Å². The Bertz CT molecular complexity index is 622. The highest BCUT2D eigenvalue weighted by atomic mass is 32.2. The Morgan fingerprint density at radius 2 is 2.15 bits per heavy atom. The summed E-state index contributed by atoms with van der Waals surface area (Å²) in [6.07, 6.45) is 0.656. The molecule has 1 aromatic rings. The summed E-state index contributed by atoms with van der Waals surface area (Å²) in [6, 6.07) is -1.62. The van der Waals surface area contributed by atoms with Crippen LogP contribution in [0.25, 0.3) is 0 Å². The van der Waals surface area contributed by atoms with E-state index in [2.05, 4.69) is 4.98 Å². The molecule has 4 N–H and O–H groups in total. The molecule has 10 heteroatoms. The van der Waals surface area contributed by atoms with Crippen LogP contribution in [-0.4, -0.2) is 41.0 Å². The minimum atomic E-state index is -4.13. The smallest absolute Gasteiger partial charge is 0.322 e. The van der Waals surface area contributed by atoms with E-state index in [1.807, 2.05) is 11.6 Å². The molecule has 1 aromatic heterocycles. The van der Waals surface area contributed by atoms with E-state index in [1.54, 1.807) is 11.5 Å². The van der Waals surface area contributed by atoms with Gasteiger partial charge in [-0.3, -0.25) is 9.59 Å². The molecule has 0 fully saturated rings. The van der Waals surface area contributed by atoms with E-state index < -0.39 is 34.4 Å². The molecule has 0 saturated carbocycles. The van der Waals surface area contributed by atoms with Crippen LogP contribution < -0.4 is 10.5 Å². The van der Waals surface area contributed by atoms with E-state index in [0.717, 1.165) is 0 Å². The Balaban J connectivity index is 3.02. The predicted molar refractivity (Wildman–Crippen MR) is 68.2 cm³/mol. The first kappa shape index (κ1) is 16.1. The summed E-state index contributed by atoms with van der Waals surface area (Å²) in [5.41, 5.74) is 4.88. The lowest BCUT2D eigenvalue weighted by molar-refractivity contribution is -0.140. The van der Waals surface area contributed by atoms with Crippen molar-refractivity contribution in [2.24, 2.45) is 5.73 Å². The van der Waals surface area contributed by atoms with Crippen molar-refractivity contribution in [3.63, 3.8) is 0 Å². The van der Waals surface area contributed by atoms with E-state index in [9.17, 15) is 18.0 Å². The summed E-state index contributed by atoms with van der Waals surface area (Å²) in [7, 11) is -4.13. The molecule has 112 valence electrons. The largest absolute Gasteiger partial charge is 0.480 e. The van der Waals surface area contributed by atoms with Gasteiger partial charge in [0.1, 0.15) is 11.9 Å². The number of carbonyl (C=O) groups is 2. The third-order valence-electron chi connectivity index (χ3n) is 2.57. The number of amides is 1. The fourth-order valence-electron chi connectivity index (χ4n) is 1.56. The maximum Gasteiger partial charge on any atom is 0.322 e. The van der Waals surface area contributed by atoms with Gasteiger partial charge >= 0.3 is 5.97 Å². The van der Waals surface area contributed by atoms with Gasteiger partial charge in [0.2, 0.25) is 5.91 Å². The van der Waals surface area contributed by atoms with E-state index in [0.29, 0.717) is 12.4 Å². The van der Waals surface area contributed by atoms with Crippen LogP contribution in [0.1, 0.15) is 19.2 Å². The third-order valence-corrected chi connectivity index (χ3v) is 3.91. The van der Waals surface area contributed by atoms with E-state index in [-0.39, 0.29) is 5.03 Å². The SMILES string of the molecule is CCn1cc(S(=O)(=O)NC(CC(N)=O)C(=O)O)nc1C. The Labute approximate surface area is 115 Å². The first-order valence-corrected chi connectivity index (χ1v) is 7.23. The van der Waals surface area contributed by atoms with Gasteiger partial charge in [-0.25, -0.2) is 13.4 Å². The first-order valence-electron chi connectivity index (χ1n) is 5.74. The molecular weight excluding hydrogens is 288 g/mol. The van der Waals surface area contributed by atoms with Crippen LogP contribution in [0.3, 0.4) is 0 Å². The molecule has 1 rings (SSSR count). The Morgan fingerprint density at radius 3 is 2.55 bits per heavy atom. The van der Waals surface area contributed by atoms with Crippen LogP contribution in [0.5, 0.6) is 0 Å². The van der Waals surface area contributed by atoms with Crippen molar-refractivity contribution in [1.29, 1.82) is 0 Å². The normalized spacial score (nSPS) is 13.1. The maximum atomic E-state index is 12.0. The molecule has 0 aliphatic carbocycles. The number of carbonyl (C=O) groups excluding carboxylic acids is 1. The lowest BCUT2D eigenvalue weighted by atomic mass is 10.2. The van der Waals surface area contributed by atoms with Crippen LogP contribution in [0.4, 0.5) is 0 Å². The second-order valence-corrected chi connectivity index (χ2v) is 5.76. The van der Waals surface area contributed by atoms with Crippen molar-refractivity contribution in [3.8, 4) is 0 Å². The Morgan fingerprint density at radius 1 is 1.55 bits per heavy atom. The number of primary amides is 1. The Kier molecular flexibility index (Phi) is 4.84. The number of carboxylic acid groups (broad SMARTS) is 1. The molecule has 1 unspecified atom stereocenters. The van der Waals surface area contributed by atoms with Gasteiger partial charge in [-0.05, 0) is 13.8 Å². The molecule has 0 radical (unpaired) electrons. The zero-order valence-corrected chi connectivity index (χ0v) is 11.8.